The second-order valence-electron chi connectivity index (χ2n) is 5.94. The van der Waals surface area contributed by atoms with E-state index >= 15 is 0 Å². The van der Waals surface area contributed by atoms with Gasteiger partial charge >= 0.3 is 0 Å². The molecule has 0 bridgehead atoms. The van der Waals surface area contributed by atoms with Gasteiger partial charge in [0, 0.05) is 25.2 Å². The maximum absolute atomic E-state index is 12.0. The summed E-state index contributed by atoms with van der Waals surface area (Å²) in [5.41, 5.74) is 3.51. The maximum atomic E-state index is 12.0. The average molecular weight is 346 g/mol. The van der Waals surface area contributed by atoms with Crippen LogP contribution in [0.15, 0.2) is 59.0 Å². The summed E-state index contributed by atoms with van der Waals surface area (Å²) in [4.78, 5) is 20.8. The normalized spacial score (nSPS) is 11.6. The molecule has 0 spiro atoms. The third kappa shape index (κ3) is 3.21. The molecule has 0 radical (unpaired) electrons. The van der Waals surface area contributed by atoms with Crippen molar-refractivity contribution in [3.8, 4) is 0 Å². The first-order valence-corrected chi connectivity index (χ1v) is 8.44. The fraction of sp³-hybridized carbons (Fsp3) is 0.150. The predicted molar refractivity (Wildman–Crippen MR) is 101 cm³/mol. The summed E-state index contributed by atoms with van der Waals surface area (Å²) in [6, 6.07) is 15.5. The molecule has 0 aliphatic rings. The van der Waals surface area contributed by atoms with Gasteiger partial charge in [0.2, 0.25) is 11.8 Å². The zero-order valence-corrected chi connectivity index (χ0v) is 14.3. The summed E-state index contributed by atoms with van der Waals surface area (Å²) in [5.74, 6) is 1.16. The summed E-state index contributed by atoms with van der Waals surface area (Å²) >= 11 is 0. The van der Waals surface area contributed by atoms with E-state index in [2.05, 4.69) is 19.9 Å². The molecule has 0 fully saturated rings. The van der Waals surface area contributed by atoms with E-state index in [4.69, 9.17) is 4.42 Å². The minimum Gasteiger partial charge on any atom is -0.437 e. The van der Waals surface area contributed by atoms with Crippen molar-refractivity contribution < 1.29 is 9.21 Å². The van der Waals surface area contributed by atoms with Crippen molar-refractivity contribution in [2.24, 2.45) is 0 Å². The van der Waals surface area contributed by atoms with Gasteiger partial charge in [0.05, 0.1) is 11.0 Å². The number of amides is 1. The predicted octanol–water partition coefficient (Wildman–Crippen LogP) is 3.32. The van der Waals surface area contributed by atoms with Gasteiger partial charge in [0.25, 0.3) is 0 Å². The molecule has 0 atom stereocenters. The molecule has 0 saturated carbocycles. The Labute approximate surface area is 150 Å². The van der Waals surface area contributed by atoms with Crippen LogP contribution >= 0.6 is 0 Å². The number of aromatic nitrogens is 3. The molecule has 0 aliphatic heterocycles. The van der Waals surface area contributed by atoms with E-state index in [-0.39, 0.29) is 5.91 Å². The lowest BCUT2D eigenvalue weighted by Crippen LogP contribution is -2.25. The summed E-state index contributed by atoms with van der Waals surface area (Å²) < 4.78 is 7.65. The minimum atomic E-state index is -0.186. The molecule has 6 nitrogen and oxygen atoms in total. The van der Waals surface area contributed by atoms with Crippen LogP contribution in [0.1, 0.15) is 11.7 Å². The summed E-state index contributed by atoms with van der Waals surface area (Å²) in [5, 5.41) is 2.87. The van der Waals surface area contributed by atoms with E-state index in [0.717, 1.165) is 22.4 Å². The van der Waals surface area contributed by atoms with Gasteiger partial charge in [-0.15, -0.1) is 0 Å². The Kier molecular flexibility index (Phi) is 4.23. The summed E-state index contributed by atoms with van der Waals surface area (Å²) in [6.45, 7) is 3.14. The number of nitrogens with one attached hydrogen (secondary N) is 1. The average Bonchev–Trinajstić information content (AvgIpc) is 3.20. The standard InChI is InChI=1S/C20H18N4O2/c1-14-22-15-6-2-4-8-17(15)24(14)13-12-21-19(25)10-11-20-23-16-7-3-5-9-18(16)26-20/h2-11H,12-13H2,1H3,(H,21,25)/b11-10+. The van der Waals surface area contributed by atoms with Gasteiger partial charge in [0.15, 0.2) is 5.58 Å². The molecule has 2 aromatic carbocycles. The molecular weight excluding hydrogens is 328 g/mol. The Morgan fingerprint density at radius 1 is 1.12 bits per heavy atom. The van der Waals surface area contributed by atoms with Gasteiger partial charge in [-0.3, -0.25) is 4.79 Å². The Morgan fingerprint density at radius 2 is 1.88 bits per heavy atom. The van der Waals surface area contributed by atoms with Crippen molar-refractivity contribution in [3.63, 3.8) is 0 Å². The van der Waals surface area contributed by atoms with E-state index in [1.807, 2.05) is 55.5 Å². The number of imidazole rings is 1. The highest BCUT2D eigenvalue weighted by Crippen LogP contribution is 2.16. The second kappa shape index (κ2) is 6.84. The monoisotopic (exact) mass is 346 g/mol. The number of benzene rings is 2. The first kappa shape index (κ1) is 16.1. The van der Waals surface area contributed by atoms with Crippen molar-refractivity contribution in [2.45, 2.75) is 13.5 Å². The van der Waals surface area contributed by atoms with Gasteiger partial charge in [-0.2, -0.15) is 0 Å². The molecule has 4 aromatic rings. The minimum absolute atomic E-state index is 0.186. The van der Waals surface area contributed by atoms with Crippen LogP contribution in [0.3, 0.4) is 0 Å². The van der Waals surface area contributed by atoms with Crippen molar-refractivity contribution in [2.75, 3.05) is 6.54 Å². The smallest absolute Gasteiger partial charge is 0.244 e. The summed E-state index contributed by atoms with van der Waals surface area (Å²) in [6.07, 6.45) is 3.01. The molecule has 4 rings (SSSR count). The maximum Gasteiger partial charge on any atom is 0.244 e. The number of aryl methyl sites for hydroxylation is 1. The molecule has 130 valence electrons. The SMILES string of the molecule is Cc1nc2ccccc2n1CCNC(=O)/C=C/c1nc2ccccc2o1. The molecule has 0 aliphatic carbocycles. The lowest BCUT2D eigenvalue weighted by atomic mass is 10.3. The molecule has 2 heterocycles. The highest BCUT2D eigenvalue weighted by Gasteiger charge is 2.07. The molecule has 1 N–H and O–H groups in total. The second-order valence-corrected chi connectivity index (χ2v) is 5.94. The van der Waals surface area contributed by atoms with E-state index in [9.17, 15) is 4.79 Å². The first-order chi connectivity index (χ1) is 12.7. The van der Waals surface area contributed by atoms with E-state index in [1.165, 1.54) is 6.08 Å². The Morgan fingerprint density at radius 3 is 2.73 bits per heavy atom. The highest BCUT2D eigenvalue weighted by molar-refractivity contribution is 5.91. The van der Waals surface area contributed by atoms with Gasteiger partial charge in [0.1, 0.15) is 11.3 Å². The Bertz CT molecular complexity index is 1070. The molecular formula is C20H18N4O2. The van der Waals surface area contributed by atoms with Crippen molar-refractivity contribution in [1.82, 2.24) is 19.9 Å². The van der Waals surface area contributed by atoms with Gasteiger partial charge < -0.3 is 14.3 Å². The molecule has 0 saturated heterocycles. The Hall–Kier alpha value is -3.41. The number of fused-ring (bicyclic) bond motifs is 2. The third-order valence-electron chi connectivity index (χ3n) is 4.17. The van der Waals surface area contributed by atoms with E-state index in [0.29, 0.717) is 24.6 Å². The largest absolute Gasteiger partial charge is 0.437 e. The van der Waals surface area contributed by atoms with E-state index in [1.54, 1.807) is 6.08 Å². The van der Waals surface area contributed by atoms with Crippen LogP contribution in [0.2, 0.25) is 0 Å². The third-order valence-corrected chi connectivity index (χ3v) is 4.17. The molecule has 26 heavy (non-hydrogen) atoms. The lowest BCUT2D eigenvalue weighted by molar-refractivity contribution is -0.116. The van der Waals surface area contributed by atoms with Crippen LogP contribution in [0.25, 0.3) is 28.2 Å². The quantitative estimate of drug-likeness (QED) is 0.563. The van der Waals surface area contributed by atoms with Gasteiger partial charge in [-0.1, -0.05) is 24.3 Å². The number of hydrogen-bond acceptors (Lipinski definition) is 4. The zero-order valence-electron chi connectivity index (χ0n) is 14.3. The van der Waals surface area contributed by atoms with E-state index < -0.39 is 0 Å². The van der Waals surface area contributed by atoms with Gasteiger partial charge in [-0.05, 0) is 31.2 Å². The highest BCUT2D eigenvalue weighted by atomic mass is 16.3. The number of rotatable bonds is 5. The van der Waals surface area contributed by atoms with Crippen LogP contribution < -0.4 is 5.32 Å². The number of nitrogens with zero attached hydrogens (tertiary/aromatic N) is 3. The lowest BCUT2D eigenvalue weighted by Gasteiger charge is -2.07. The topological polar surface area (TPSA) is 73.0 Å². The fourth-order valence-electron chi connectivity index (χ4n) is 2.94. The number of carbonyl (C=O) groups excluding carboxylic acids is 1. The molecule has 6 heteroatoms. The van der Waals surface area contributed by atoms with Crippen molar-refractivity contribution >= 4 is 34.1 Å². The van der Waals surface area contributed by atoms with Gasteiger partial charge in [-0.25, -0.2) is 9.97 Å². The number of carbonyl (C=O) groups is 1. The molecule has 0 unspecified atom stereocenters. The number of hydrogen-bond donors (Lipinski definition) is 1. The summed E-state index contributed by atoms with van der Waals surface area (Å²) in [7, 11) is 0. The van der Waals surface area contributed by atoms with Crippen LogP contribution in [0.5, 0.6) is 0 Å². The zero-order chi connectivity index (χ0) is 17.9. The molecule has 2 aromatic heterocycles. The first-order valence-electron chi connectivity index (χ1n) is 8.44. The number of para-hydroxylation sites is 4. The molecule has 1 amide bonds. The van der Waals surface area contributed by atoms with Crippen LogP contribution in [-0.4, -0.2) is 27.0 Å². The van der Waals surface area contributed by atoms with Crippen LogP contribution in [0, 0.1) is 6.92 Å². The van der Waals surface area contributed by atoms with Crippen LogP contribution in [0.4, 0.5) is 0 Å². The van der Waals surface area contributed by atoms with Crippen molar-refractivity contribution in [3.05, 3.63) is 66.3 Å². The fourth-order valence-corrected chi connectivity index (χ4v) is 2.94. The number of oxazole rings is 1. The van der Waals surface area contributed by atoms with Crippen LogP contribution in [-0.2, 0) is 11.3 Å². The van der Waals surface area contributed by atoms with Crippen molar-refractivity contribution in [1.29, 1.82) is 0 Å². The Balaban J connectivity index is 1.37.